The first-order chi connectivity index (χ1) is 9.13. The maximum Gasteiger partial charge on any atom is 0.270 e. The summed E-state index contributed by atoms with van der Waals surface area (Å²) in [6, 6.07) is 3.52. The van der Waals surface area contributed by atoms with Gasteiger partial charge >= 0.3 is 0 Å². The van der Waals surface area contributed by atoms with Gasteiger partial charge in [-0.15, -0.1) is 0 Å². The van der Waals surface area contributed by atoms with Gasteiger partial charge in [0, 0.05) is 17.3 Å². The highest BCUT2D eigenvalue weighted by atomic mass is 35.5. The van der Waals surface area contributed by atoms with Crippen molar-refractivity contribution in [1.82, 2.24) is 10.3 Å². The topological polar surface area (TPSA) is 42.0 Å². The van der Waals surface area contributed by atoms with Gasteiger partial charge in [0.1, 0.15) is 5.69 Å². The third-order valence-corrected chi connectivity index (χ3v) is 4.98. The molecule has 0 aliphatic heterocycles. The van der Waals surface area contributed by atoms with Crippen molar-refractivity contribution in [1.29, 1.82) is 0 Å². The van der Waals surface area contributed by atoms with E-state index in [0.717, 1.165) is 11.8 Å². The van der Waals surface area contributed by atoms with Crippen molar-refractivity contribution in [3.8, 4) is 0 Å². The molecule has 4 unspecified atom stereocenters. The van der Waals surface area contributed by atoms with Gasteiger partial charge in [-0.2, -0.15) is 0 Å². The molecule has 3 rings (SSSR count). The van der Waals surface area contributed by atoms with Gasteiger partial charge in [-0.1, -0.05) is 18.0 Å². The van der Waals surface area contributed by atoms with E-state index in [1.165, 1.54) is 25.7 Å². The predicted molar refractivity (Wildman–Crippen MR) is 75.1 cm³/mol. The second kappa shape index (κ2) is 5.12. The lowest BCUT2D eigenvalue weighted by molar-refractivity contribution is 0.0910. The molecule has 2 fully saturated rings. The van der Waals surface area contributed by atoms with Gasteiger partial charge in [-0.05, 0) is 56.1 Å². The summed E-state index contributed by atoms with van der Waals surface area (Å²) in [5.41, 5.74) is 0.405. The Labute approximate surface area is 118 Å². The number of nitrogens with one attached hydrogen (secondary N) is 1. The Morgan fingerprint density at radius 3 is 2.95 bits per heavy atom. The van der Waals surface area contributed by atoms with E-state index in [2.05, 4.69) is 17.2 Å². The fraction of sp³-hybridized carbons (Fsp3) is 0.600. The highest BCUT2D eigenvalue weighted by molar-refractivity contribution is 6.30. The summed E-state index contributed by atoms with van der Waals surface area (Å²) in [6.45, 7) is 2.12. The van der Waals surface area contributed by atoms with E-state index in [9.17, 15) is 4.79 Å². The summed E-state index contributed by atoms with van der Waals surface area (Å²) in [5.74, 6) is 2.24. The van der Waals surface area contributed by atoms with Crippen LogP contribution in [0.1, 0.15) is 43.1 Å². The molecule has 0 spiro atoms. The molecule has 19 heavy (non-hydrogen) atoms. The van der Waals surface area contributed by atoms with Crippen LogP contribution in [0.3, 0.4) is 0 Å². The highest BCUT2D eigenvalue weighted by Crippen LogP contribution is 2.49. The first-order valence-corrected chi connectivity index (χ1v) is 7.43. The molecule has 1 amide bonds. The molecule has 1 N–H and O–H groups in total. The van der Waals surface area contributed by atoms with Gasteiger partial charge in [0.2, 0.25) is 0 Å². The van der Waals surface area contributed by atoms with Gasteiger partial charge in [-0.3, -0.25) is 9.78 Å². The first-order valence-electron chi connectivity index (χ1n) is 7.06. The lowest BCUT2D eigenvalue weighted by Gasteiger charge is -2.28. The fourth-order valence-corrected chi connectivity index (χ4v) is 3.98. The van der Waals surface area contributed by atoms with Crippen molar-refractivity contribution in [2.45, 2.75) is 38.6 Å². The minimum Gasteiger partial charge on any atom is -0.348 e. The Morgan fingerprint density at radius 1 is 1.47 bits per heavy atom. The third kappa shape index (κ3) is 2.62. The van der Waals surface area contributed by atoms with Crippen LogP contribution in [0.5, 0.6) is 0 Å². The summed E-state index contributed by atoms with van der Waals surface area (Å²) in [5, 5.41) is 3.64. The molecular formula is C15H19ClN2O. The predicted octanol–water partition coefficient (Wildman–Crippen LogP) is 3.29. The molecular weight excluding hydrogens is 260 g/mol. The normalized spacial score (nSPS) is 30.3. The van der Waals surface area contributed by atoms with Crippen LogP contribution >= 0.6 is 11.6 Å². The molecule has 0 saturated heterocycles. The quantitative estimate of drug-likeness (QED) is 0.922. The third-order valence-electron chi connectivity index (χ3n) is 4.75. The van der Waals surface area contributed by atoms with Crippen LogP contribution in [0.2, 0.25) is 5.02 Å². The molecule has 3 nitrogen and oxygen atoms in total. The van der Waals surface area contributed by atoms with Crippen molar-refractivity contribution in [3.63, 3.8) is 0 Å². The number of fused-ring (bicyclic) bond motifs is 2. The van der Waals surface area contributed by atoms with Crippen LogP contribution in [0, 0.1) is 17.8 Å². The summed E-state index contributed by atoms with van der Waals surface area (Å²) >= 11 is 5.88. The monoisotopic (exact) mass is 278 g/mol. The van der Waals surface area contributed by atoms with E-state index in [1.807, 2.05) is 0 Å². The number of hydrogen-bond acceptors (Lipinski definition) is 2. The van der Waals surface area contributed by atoms with Crippen LogP contribution < -0.4 is 5.32 Å². The Morgan fingerprint density at radius 2 is 2.32 bits per heavy atom. The number of hydrogen-bond donors (Lipinski definition) is 1. The molecule has 0 radical (unpaired) electrons. The molecule has 1 aromatic heterocycles. The lowest BCUT2D eigenvalue weighted by Crippen LogP contribution is -2.40. The SMILES string of the molecule is CC(NC(=O)c1cc(Cl)ccn1)C1CC2CCC1C2. The fourth-order valence-electron chi connectivity index (χ4n) is 3.82. The molecule has 1 heterocycles. The average Bonchev–Trinajstić information content (AvgIpc) is 3.00. The van der Waals surface area contributed by atoms with Crippen LogP contribution in [0.15, 0.2) is 18.3 Å². The van der Waals surface area contributed by atoms with E-state index in [1.54, 1.807) is 18.3 Å². The number of carbonyl (C=O) groups is 1. The Hall–Kier alpha value is -1.09. The summed E-state index contributed by atoms with van der Waals surface area (Å²) in [6.07, 6.45) is 6.93. The van der Waals surface area contributed by atoms with Gasteiger partial charge < -0.3 is 5.32 Å². The number of halogens is 1. The van der Waals surface area contributed by atoms with Crippen molar-refractivity contribution in [3.05, 3.63) is 29.0 Å². The van der Waals surface area contributed by atoms with Crippen molar-refractivity contribution >= 4 is 17.5 Å². The zero-order valence-corrected chi connectivity index (χ0v) is 11.9. The highest BCUT2D eigenvalue weighted by Gasteiger charge is 2.42. The summed E-state index contributed by atoms with van der Waals surface area (Å²) in [7, 11) is 0. The minimum absolute atomic E-state index is 0.113. The van der Waals surface area contributed by atoms with Crippen LogP contribution in [-0.2, 0) is 0 Å². The van der Waals surface area contributed by atoms with Crippen molar-refractivity contribution in [2.75, 3.05) is 0 Å². The number of pyridine rings is 1. The zero-order valence-electron chi connectivity index (χ0n) is 11.1. The number of amides is 1. The van der Waals surface area contributed by atoms with Gasteiger partial charge in [-0.25, -0.2) is 0 Å². The molecule has 4 heteroatoms. The molecule has 2 saturated carbocycles. The standard InChI is InChI=1S/C15H19ClN2O/c1-9(13-7-10-2-3-11(13)6-10)18-15(19)14-8-12(16)4-5-17-14/h4-5,8-11,13H,2-3,6-7H2,1H3,(H,18,19). The number of carbonyl (C=O) groups excluding carboxylic acids is 1. The van der Waals surface area contributed by atoms with E-state index >= 15 is 0 Å². The van der Waals surface area contributed by atoms with Crippen LogP contribution in [0.4, 0.5) is 0 Å². The second-order valence-corrected chi connectivity index (χ2v) is 6.40. The number of rotatable bonds is 3. The maximum absolute atomic E-state index is 12.1. The molecule has 102 valence electrons. The Balaban J connectivity index is 1.63. The molecule has 2 aliphatic rings. The molecule has 0 aromatic carbocycles. The van der Waals surface area contributed by atoms with Crippen LogP contribution in [-0.4, -0.2) is 16.9 Å². The summed E-state index contributed by atoms with van der Waals surface area (Å²) in [4.78, 5) is 16.2. The Kier molecular flexibility index (Phi) is 3.48. The van der Waals surface area contributed by atoms with Gasteiger partial charge in [0.25, 0.3) is 5.91 Å². The van der Waals surface area contributed by atoms with E-state index in [0.29, 0.717) is 16.6 Å². The van der Waals surface area contributed by atoms with Gasteiger partial charge in [0.05, 0.1) is 0 Å². The van der Waals surface area contributed by atoms with Gasteiger partial charge in [0.15, 0.2) is 0 Å². The summed E-state index contributed by atoms with van der Waals surface area (Å²) < 4.78 is 0. The Bertz CT molecular complexity index is 491. The molecule has 2 bridgehead atoms. The molecule has 1 aromatic rings. The smallest absolute Gasteiger partial charge is 0.270 e. The second-order valence-electron chi connectivity index (χ2n) is 5.96. The molecule has 2 aliphatic carbocycles. The largest absolute Gasteiger partial charge is 0.348 e. The van der Waals surface area contributed by atoms with Crippen LogP contribution in [0.25, 0.3) is 0 Å². The first kappa shape index (κ1) is 12.9. The lowest BCUT2D eigenvalue weighted by atomic mass is 9.84. The molecule has 4 atom stereocenters. The van der Waals surface area contributed by atoms with E-state index in [-0.39, 0.29) is 11.9 Å². The van der Waals surface area contributed by atoms with E-state index in [4.69, 9.17) is 11.6 Å². The van der Waals surface area contributed by atoms with Crippen molar-refractivity contribution < 1.29 is 4.79 Å². The zero-order chi connectivity index (χ0) is 13.4. The minimum atomic E-state index is -0.113. The number of nitrogens with zero attached hydrogens (tertiary/aromatic N) is 1. The average molecular weight is 279 g/mol. The number of aromatic nitrogens is 1. The van der Waals surface area contributed by atoms with Crippen molar-refractivity contribution in [2.24, 2.45) is 17.8 Å². The van der Waals surface area contributed by atoms with E-state index < -0.39 is 0 Å². The maximum atomic E-state index is 12.1.